The van der Waals surface area contributed by atoms with E-state index in [4.69, 9.17) is 0 Å². The largest absolute Gasteiger partial charge is 0.385 e. The number of halogens is 1. The number of aliphatic hydroxyl groups is 1. The first-order valence-corrected chi connectivity index (χ1v) is 7.14. The van der Waals surface area contributed by atoms with Gasteiger partial charge in [-0.1, -0.05) is 6.07 Å². The second-order valence-corrected chi connectivity index (χ2v) is 6.10. The van der Waals surface area contributed by atoms with Crippen LogP contribution in [0.25, 0.3) is 0 Å². The smallest absolute Gasteiger partial charge is 0.0967 e. The molecule has 0 spiro atoms. The van der Waals surface area contributed by atoms with Gasteiger partial charge < -0.3 is 10.0 Å². The van der Waals surface area contributed by atoms with E-state index in [9.17, 15) is 5.11 Å². The number of rotatable bonds is 3. The Kier molecular flexibility index (Phi) is 5.92. The highest BCUT2D eigenvalue weighted by Crippen LogP contribution is 2.40. The number of aromatic nitrogens is 1. The molecule has 18 heavy (non-hydrogen) atoms. The highest BCUT2D eigenvalue weighted by atomic mass is 35.5. The fourth-order valence-electron chi connectivity index (χ4n) is 2.44. The maximum Gasteiger partial charge on any atom is 0.0967 e. The minimum atomic E-state index is -0.705. The molecule has 0 unspecified atom stereocenters. The Morgan fingerprint density at radius 3 is 2.94 bits per heavy atom. The molecule has 0 bridgehead atoms. The third-order valence-electron chi connectivity index (χ3n) is 3.37. The van der Waals surface area contributed by atoms with Crippen LogP contribution in [0, 0.1) is 5.92 Å². The first-order chi connectivity index (χ1) is 8.13. The predicted molar refractivity (Wildman–Crippen MR) is 79.4 cm³/mol. The zero-order valence-electron chi connectivity index (χ0n) is 10.9. The Morgan fingerprint density at radius 1 is 1.56 bits per heavy atom. The summed E-state index contributed by atoms with van der Waals surface area (Å²) in [5.74, 6) is 2.32. The Morgan fingerprint density at radius 2 is 2.33 bits per heavy atom. The molecule has 0 saturated carbocycles. The van der Waals surface area contributed by atoms with Gasteiger partial charge in [0.15, 0.2) is 0 Å². The molecule has 5 heteroatoms. The van der Waals surface area contributed by atoms with Crippen molar-refractivity contribution in [1.29, 1.82) is 0 Å². The second-order valence-electron chi connectivity index (χ2n) is 4.95. The van der Waals surface area contributed by atoms with E-state index in [-0.39, 0.29) is 18.3 Å². The van der Waals surface area contributed by atoms with Crippen LogP contribution >= 0.6 is 24.2 Å². The molecule has 102 valence electrons. The van der Waals surface area contributed by atoms with Crippen molar-refractivity contribution in [2.24, 2.45) is 5.92 Å². The molecule has 1 N–H and O–H groups in total. The van der Waals surface area contributed by atoms with Gasteiger partial charge >= 0.3 is 0 Å². The van der Waals surface area contributed by atoms with E-state index in [1.54, 1.807) is 12.4 Å². The van der Waals surface area contributed by atoms with Crippen molar-refractivity contribution in [3.8, 4) is 0 Å². The molecular weight excluding hydrogens is 268 g/mol. The van der Waals surface area contributed by atoms with Crippen LogP contribution in [0.15, 0.2) is 24.5 Å². The van der Waals surface area contributed by atoms with E-state index in [0.717, 1.165) is 30.0 Å². The SMILES string of the molecule is CN(C)C[C@H]1CSCC[C@]1(O)c1cccnc1.Cl. The molecule has 0 aromatic carbocycles. The number of hydrogen-bond donors (Lipinski definition) is 1. The first-order valence-electron chi connectivity index (χ1n) is 5.98. The first kappa shape index (κ1) is 15.8. The van der Waals surface area contributed by atoms with Gasteiger partial charge in [0.1, 0.15) is 0 Å². The lowest BCUT2D eigenvalue weighted by atomic mass is 9.80. The Hall–Kier alpha value is -0.290. The van der Waals surface area contributed by atoms with Crippen LogP contribution < -0.4 is 0 Å². The fourth-order valence-corrected chi connectivity index (χ4v) is 3.73. The molecule has 1 saturated heterocycles. The molecule has 3 nitrogen and oxygen atoms in total. The van der Waals surface area contributed by atoms with Crippen LogP contribution in [0.4, 0.5) is 0 Å². The lowest BCUT2D eigenvalue weighted by molar-refractivity contribution is -0.0296. The zero-order valence-corrected chi connectivity index (χ0v) is 12.5. The van der Waals surface area contributed by atoms with E-state index in [2.05, 4.69) is 24.0 Å². The normalized spacial score (nSPS) is 27.9. The summed E-state index contributed by atoms with van der Waals surface area (Å²) in [6, 6.07) is 3.90. The van der Waals surface area contributed by atoms with Crippen molar-refractivity contribution in [2.45, 2.75) is 12.0 Å². The summed E-state index contributed by atoms with van der Waals surface area (Å²) in [6.07, 6.45) is 4.38. The van der Waals surface area contributed by atoms with Crippen molar-refractivity contribution < 1.29 is 5.11 Å². The van der Waals surface area contributed by atoms with Crippen molar-refractivity contribution in [3.63, 3.8) is 0 Å². The van der Waals surface area contributed by atoms with Crippen LogP contribution in [-0.2, 0) is 5.60 Å². The van der Waals surface area contributed by atoms with Gasteiger partial charge in [0.2, 0.25) is 0 Å². The maximum absolute atomic E-state index is 11.0. The molecular formula is C13H21ClN2OS. The van der Waals surface area contributed by atoms with E-state index in [1.165, 1.54) is 0 Å². The topological polar surface area (TPSA) is 36.4 Å². The van der Waals surface area contributed by atoms with Crippen LogP contribution in [0.3, 0.4) is 0 Å². The van der Waals surface area contributed by atoms with Gasteiger partial charge in [0.05, 0.1) is 5.60 Å². The van der Waals surface area contributed by atoms with Crippen molar-refractivity contribution >= 4 is 24.2 Å². The number of nitrogens with zero attached hydrogens (tertiary/aromatic N) is 2. The van der Waals surface area contributed by atoms with Crippen molar-refractivity contribution in [2.75, 3.05) is 32.1 Å². The van der Waals surface area contributed by atoms with Crippen LogP contribution in [0.1, 0.15) is 12.0 Å². The summed E-state index contributed by atoms with van der Waals surface area (Å²) in [5.41, 5.74) is 0.260. The van der Waals surface area contributed by atoms with Crippen molar-refractivity contribution in [1.82, 2.24) is 9.88 Å². The third-order valence-corrected chi connectivity index (χ3v) is 4.50. The Balaban J connectivity index is 0.00000162. The standard InChI is InChI=1S/C13H20N2OS.ClH/c1-15(2)9-12-10-17-7-5-13(12,16)11-4-3-6-14-8-11;/h3-4,6,8,12,16H,5,7,9-10H2,1-2H3;1H/t12-,13-;/m0./s1. The van der Waals surface area contributed by atoms with Gasteiger partial charge in [-0.05, 0) is 32.3 Å². The molecule has 0 radical (unpaired) electrons. The van der Waals surface area contributed by atoms with Gasteiger partial charge in [0, 0.05) is 36.2 Å². The lowest BCUT2D eigenvalue weighted by Gasteiger charge is -2.41. The highest BCUT2D eigenvalue weighted by molar-refractivity contribution is 7.99. The quantitative estimate of drug-likeness (QED) is 0.923. The summed E-state index contributed by atoms with van der Waals surface area (Å²) in [5, 5.41) is 11.0. The van der Waals surface area contributed by atoms with Gasteiger partial charge in [-0.2, -0.15) is 11.8 Å². The van der Waals surface area contributed by atoms with E-state index < -0.39 is 5.60 Å². The summed E-state index contributed by atoms with van der Waals surface area (Å²) in [4.78, 5) is 6.29. The van der Waals surface area contributed by atoms with E-state index in [0.29, 0.717) is 0 Å². The molecule has 1 aromatic rings. The third kappa shape index (κ3) is 3.38. The summed E-state index contributed by atoms with van der Waals surface area (Å²) in [6.45, 7) is 0.915. The van der Waals surface area contributed by atoms with Gasteiger partial charge in [0.25, 0.3) is 0 Å². The summed E-state index contributed by atoms with van der Waals surface area (Å²) in [7, 11) is 4.12. The van der Waals surface area contributed by atoms with Crippen molar-refractivity contribution in [3.05, 3.63) is 30.1 Å². The molecule has 1 aliphatic heterocycles. The molecule has 1 aliphatic rings. The number of hydrogen-bond acceptors (Lipinski definition) is 4. The average Bonchev–Trinajstić information content (AvgIpc) is 2.33. The minimum Gasteiger partial charge on any atom is -0.385 e. The number of thioether (sulfide) groups is 1. The fraction of sp³-hybridized carbons (Fsp3) is 0.615. The van der Waals surface area contributed by atoms with Gasteiger partial charge in [-0.25, -0.2) is 0 Å². The molecule has 2 atom stereocenters. The van der Waals surface area contributed by atoms with Crippen LogP contribution in [-0.4, -0.2) is 47.1 Å². The van der Waals surface area contributed by atoms with Gasteiger partial charge in [-0.3, -0.25) is 4.98 Å². The Bertz CT molecular complexity index is 363. The van der Waals surface area contributed by atoms with Crippen LogP contribution in [0.5, 0.6) is 0 Å². The second kappa shape index (κ2) is 6.75. The predicted octanol–water partition coefficient (Wildman–Crippen LogP) is 2.01. The molecule has 0 amide bonds. The summed E-state index contributed by atoms with van der Waals surface area (Å²) >= 11 is 1.93. The molecule has 2 rings (SSSR count). The minimum absolute atomic E-state index is 0. The maximum atomic E-state index is 11.0. The zero-order chi connectivity index (χ0) is 12.3. The van der Waals surface area contributed by atoms with E-state index >= 15 is 0 Å². The monoisotopic (exact) mass is 288 g/mol. The highest BCUT2D eigenvalue weighted by Gasteiger charge is 2.40. The molecule has 1 aromatic heterocycles. The number of pyridine rings is 1. The molecule has 2 heterocycles. The Labute approximate surface area is 119 Å². The molecule has 1 fully saturated rings. The lowest BCUT2D eigenvalue weighted by Crippen LogP contribution is -2.45. The average molecular weight is 289 g/mol. The van der Waals surface area contributed by atoms with E-state index in [1.807, 2.05) is 23.9 Å². The van der Waals surface area contributed by atoms with Gasteiger partial charge in [-0.15, -0.1) is 12.4 Å². The van der Waals surface area contributed by atoms with Crippen LogP contribution in [0.2, 0.25) is 0 Å². The molecule has 0 aliphatic carbocycles. The summed E-state index contributed by atoms with van der Waals surface area (Å²) < 4.78 is 0.